The Balaban J connectivity index is 1.57. The minimum absolute atomic E-state index is 0.149. The second-order valence-electron chi connectivity index (χ2n) is 7.02. The average Bonchev–Trinajstić information content (AvgIpc) is 3.07. The molecule has 1 amide bonds. The van der Waals surface area contributed by atoms with Crippen LogP contribution in [0, 0.1) is 0 Å². The molecule has 3 aromatic rings. The fourth-order valence-corrected chi connectivity index (χ4v) is 3.23. The number of benzene rings is 3. The number of ether oxygens (including phenoxy) is 1. The van der Waals surface area contributed by atoms with Crippen LogP contribution in [0.4, 0.5) is 5.69 Å². The Bertz CT molecular complexity index is 1180. The number of hydrazone groups is 1. The predicted octanol–water partition coefficient (Wildman–Crippen LogP) is 4.77. The monoisotopic (exact) mass is 412 g/mol. The van der Waals surface area contributed by atoms with E-state index in [0.717, 1.165) is 11.1 Å². The summed E-state index contributed by atoms with van der Waals surface area (Å²) in [5.74, 6) is -0.631. The number of carboxylic acids is 1. The van der Waals surface area contributed by atoms with Crippen LogP contribution < -0.4 is 9.75 Å². The van der Waals surface area contributed by atoms with Gasteiger partial charge in [-0.15, -0.1) is 0 Å². The van der Waals surface area contributed by atoms with Crippen LogP contribution in [0.25, 0.3) is 6.08 Å². The number of para-hydroxylation sites is 1. The van der Waals surface area contributed by atoms with Crippen molar-refractivity contribution in [2.45, 2.75) is 13.5 Å². The van der Waals surface area contributed by atoms with Crippen LogP contribution >= 0.6 is 0 Å². The zero-order chi connectivity index (χ0) is 21.8. The van der Waals surface area contributed by atoms with Gasteiger partial charge in [0.15, 0.2) is 0 Å². The topological polar surface area (TPSA) is 79.2 Å². The molecule has 0 bridgehead atoms. The van der Waals surface area contributed by atoms with Gasteiger partial charge >= 0.3 is 5.97 Å². The third-order valence-corrected chi connectivity index (χ3v) is 4.88. The molecule has 0 radical (unpaired) electrons. The zero-order valence-electron chi connectivity index (χ0n) is 16.9. The van der Waals surface area contributed by atoms with E-state index in [1.807, 2.05) is 54.6 Å². The number of rotatable bonds is 6. The number of carboxylic acid groups (broad SMARTS) is 1. The third-order valence-electron chi connectivity index (χ3n) is 4.88. The summed E-state index contributed by atoms with van der Waals surface area (Å²) in [6.45, 7) is 2.19. The lowest BCUT2D eigenvalue weighted by Crippen LogP contribution is -2.21. The summed E-state index contributed by atoms with van der Waals surface area (Å²) in [6.07, 6.45) is 1.77. The van der Waals surface area contributed by atoms with Crippen molar-refractivity contribution >= 4 is 29.4 Å². The minimum atomic E-state index is -1.02. The lowest BCUT2D eigenvalue weighted by molar-refractivity contribution is -0.114. The molecule has 0 aromatic heterocycles. The highest BCUT2D eigenvalue weighted by Crippen LogP contribution is 2.28. The van der Waals surface area contributed by atoms with Crippen LogP contribution in [-0.2, 0) is 11.4 Å². The van der Waals surface area contributed by atoms with Gasteiger partial charge < -0.3 is 9.84 Å². The molecule has 1 aliphatic heterocycles. The maximum absolute atomic E-state index is 13.0. The Kier molecular flexibility index (Phi) is 5.62. The van der Waals surface area contributed by atoms with E-state index >= 15 is 0 Å². The molecule has 0 atom stereocenters. The second kappa shape index (κ2) is 8.67. The average molecular weight is 412 g/mol. The molecule has 6 heteroatoms. The standard InChI is InChI=1S/C25H20N2O4/c1-17-22(24(28)27(26-17)21-13-11-19(12-14-21)25(29)30)15-20-9-5-6-10-23(20)31-16-18-7-3-2-4-8-18/h2-15H,16H2,1H3,(H,29,30)/b22-15+. The smallest absolute Gasteiger partial charge is 0.335 e. The maximum atomic E-state index is 13.0. The van der Waals surface area contributed by atoms with Gasteiger partial charge in [0.1, 0.15) is 12.4 Å². The first-order chi connectivity index (χ1) is 15.0. The molecule has 0 saturated heterocycles. The summed E-state index contributed by atoms with van der Waals surface area (Å²) in [7, 11) is 0. The van der Waals surface area contributed by atoms with Crippen molar-refractivity contribution in [3.63, 3.8) is 0 Å². The number of hydrogen-bond acceptors (Lipinski definition) is 4. The fraction of sp³-hybridized carbons (Fsp3) is 0.0800. The Morgan fingerprint density at radius 3 is 2.39 bits per heavy atom. The van der Waals surface area contributed by atoms with Gasteiger partial charge in [-0.25, -0.2) is 4.79 Å². The van der Waals surface area contributed by atoms with Gasteiger partial charge in [0.2, 0.25) is 0 Å². The summed E-state index contributed by atoms with van der Waals surface area (Å²) in [5.41, 5.74) is 3.51. The maximum Gasteiger partial charge on any atom is 0.335 e. The van der Waals surface area contributed by atoms with Crippen molar-refractivity contribution in [2.24, 2.45) is 5.10 Å². The number of anilines is 1. The van der Waals surface area contributed by atoms with Crippen molar-refractivity contribution in [3.05, 3.63) is 101 Å². The molecule has 31 heavy (non-hydrogen) atoms. The first kappa shape index (κ1) is 20.1. The Hall–Kier alpha value is -4.19. The van der Waals surface area contributed by atoms with Crippen LogP contribution in [0.2, 0.25) is 0 Å². The van der Waals surface area contributed by atoms with E-state index in [1.165, 1.54) is 17.1 Å². The summed E-state index contributed by atoms with van der Waals surface area (Å²) >= 11 is 0. The molecule has 0 spiro atoms. The highest BCUT2D eigenvalue weighted by atomic mass is 16.5. The first-order valence-electron chi connectivity index (χ1n) is 9.74. The highest BCUT2D eigenvalue weighted by molar-refractivity contribution is 6.32. The predicted molar refractivity (Wildman–Crippen MR) is 119 cm³/mol. The van der Waals surface area contributed by atoms with Gasteiger partial charge in [-0.2, -0.15) is 10.1 Å². The normalized spacial score (nSPS) is 14.6. The SMILES string of the molecule is CC1=NN(c2ccc(C(=O)O)cc2)C(=O)/C1=C/c1ccccc1OCc1ccccc1. The van der Waals surface area contributed by atoms with Crippen molar-refractivity contribution in [2.75, 3.05) is 5.01 Å². The number of hydrogen-bond donors (Lipinski definition) is 1. The molecule has 1 heterocycles. The number of carbonyl (C=O) groups excluding carboxylic acids is 1. The minimum Gasteiger partial charge on any atom is -0.488 e. The molecule has 154 valence electrons. The first-order valence-corrected chi connectivity index (χ1v) is 9.74. The molecule has 1 aliphatic rings. The van der Waals surface area contributed by atoms with Gasteiger partial charge in [0.05, 0.1) is 22.5 Å². The second-order valence-corrected chi connectivity index (χ2v) is 7.02. The molecule has 0 aliphatic carbocycles. The van der Waals surface area contributed by atoms with Crippen LogP contribution in [0.15, 0.2) is 89.5 Å². The van der Waals surface area contributed by atoms with Crippen LogP contribution in [0.5, 0.6) is 5.75 Å². The van der Waals surface area contributed by atoms with Gasteiger partial charge in [0.25, 0.3) is 5.91 Å². The zero-order valence-corrected chi connectivity index (χ0v) is 16.9. The van der Waals surface area contributed by atoms with Gasteiger partial charge in [-0.3, -0.25) is 4.79 Å². The molecule has 0 saturated carbocycles. The van der Waals surface area contributed by atoms with Gasteiger partial charge in [-0.1, -0.05) is 48.5 Å². The summed E-state index contributed by atoms with van der Waals surface area (Å²) in [4.78, 5) is 24.1. The molecular formula is C25H20N2O4. The molecule has 6 nitrogen and oxygen atoms in total. The molecule has 0 fully saturated rings. The van der Waals surface area contributed by atoms with E-state index in [2.05, 4.69) is 5.10 Å². The molecular weight excluding hydrogens is 392 g/mol. The molecule has 3 aromatic carbocycles. The van der Waals surface area contributed by atoms with E-state index in [-0.39, 0.29) is 11.5 Å². The third kappa shape index (κ3) is 4.38. The van der Waals surface area contributed by atoms with Gasteiger partial charge in [-0.05, 0) is 48.9 Å². The van der Waals surface area contributed by atoms with E-state index in [0.29, 0.717) is 29.3 Å². The number of carbonyl (C=O) groups is 2. The molecule has 0 unspecified atom stereocenters. The van der Waals surface area contributed by atoms with Crippen molar-refractivity contribution < 1.29 is 19.4 Å². The van der Waals surface area contributed by atoms with Crippen LogP contribution in [0.3, 0.4) is 0 Å². The van der Waals surface area contributed by atoms with E-state index in [4.69, 9.17) is 9.84 Å². The lowest BCUT2D eigenvalue weighted by Gasteiger charge is -2.12. The Labute approximate surface area is 179 Å². The number of nitrogens with zero attached hydrogens (tertiary/aromatic N) is 2. The number of aromatic carboxylic acids is 1. The van der Waals surface area contributed by atoms with Crippen LogP contribution in [-0.4, -0.2) is 22.7 Å². The van der Waals surface area contributed by atoms with Gasteiger partial charge in [0, 0.05) is 5.56 Å². The quantitative estimate of drug-likeness (QED) is 0.592. The van der Waals surface area contributed by atoms with Crippen molar-refractivity contribution in [1.82, 2.24) is 0 Å². The lowest BCUT2D eigenvalue weighted by atomic mass is 10.1. The van der Waals surface area contributed by atoms with E-state index < -0.39 is 5.97 Å². The number of amides is 1. The fourth-order valence-electron chi connectivity index (χ4n) is 3.23. The van der Waals surface area contributed by atoms with E-state index in [1.54, 1.807) is 25.1 Å². The summed E-state index contributed by atoms with van der Waals surface area (Å²) < 4.78 is 5.99. The van der Waals surface area contributed by atoms with Crippen LogP contribution in [0.1, 0.15) is 28.4 Å². The Morgan fingerprint density at radius 2 is 1.68 bits per heavy atom. The van der Waals surface area contributed by atoms with Crippen molar-refractivity contribution in [3.8, 4) is 5.75 Å². The summed E-state index contributed by atoms with van der Waals surface area (Å²) in [5, 5.41) is 14.7. The summed E-state index contributed by atoms with van der Waals surface area (Å²) in [6, 6.07) is 23.4. The Morgan fingerprint density at radius 1 is 1.00 bits per heavy atom. The highest BCUT2D eigenvalue weighted by Gasteiger charge is 2.29. The van der Waals surface area contributed by atoms with Crippen molar-refractivity contribution in [1.29, 1.82) is 0 Å². The molecule has 4 rings (SSSR count). The van der Waals surface area contributed by atoms with E-state index in [9.17, 15) is 9.59 Å². The molecule has 1 N–H and O–H groups in total. The largest absolute Gasteiger partial charge is 0.488 e.